The zero-order valence-corrected chi connectivity index (χ0v) is 17.1. The van der Waals surface area contributed by atoms with E-state index in [1.807, 2.05) is 57.9 Å². The Hall–Kier alpha value is -3.26. The van der Waals surface area contributed by atoms with Crippen LogP contribution in [0, 0.1) is 0 Å². The van der Waals surface area contributed by atoms with Gasteiger partial charge in [0, 0.05) is 54.9 Å². The molecule has 0 saturated carbocycles. The molecule has 7 nitrogen and oxygen atoms in total. The maximum absolute atomic E-state index is 13.4. The number of amides is 1. The summed E-state index contributed by atoms with van der Waals surface area (Å²) in [5.74, 6) is 1.97. The van der Waals surface area contributed by atoms with E-state index in [2.05, 4.69) is 15.1 Å². The van der Waals surface area contributed by atoms with E-state index in [0.717, 1.165) is 46.8 Å². The molecule has 1 amide bonds. The standard InChI is InChI=1S/C22H20N6OS/c29-22(27-7-9-30-10-8-27)18-11-20(17-4-2-6-24-13-17)26-21-19(18)14-25-28(21)15-16-3-1-5-23-12-16/h1-6,11-14H,7-10,15H2. The second-order valence-electron chi connectivity index (χ2n) is 7.10. The summed E-state index contributed by atoms with van der Waals surface area (Å²) in [5.41, 5.74) is 3.95. The molecule has 0 aromatic carbocycles. The molecule has 0 radical (unpaired) electrons. The molecule has 1 aliphatic rings. The highest BCUT2D eigenvalue weighted by atomic mass is 32.2. The van der Waals surface area contributed by atoms with Gasteiger partial charge in [-0.15, -0.1) is 0 Å². The number of carbonyl (C=O) groups is 1. The highest BCUT2D eigenvalue weighted by Crippen LogP contribution is 2.26. The van der Waals surface area contributed by atoms with E-state index in [9.17, 15) is 4.79 Å². The summed E-state index contributed by atoms with van der Waals surface area (Å²) in [6, 6.07) is 9.60. The van der Waals surface area contributed by atoms with Gasteiger partial charge in [-0.25, -0.2) is 9.67 Å². The summed E-state index contributed by atoms with van der Waals surface area (Å²) in [5, 5.41) is 5.32. The molecule has 0 spiro atoms. The molecule has 150 valence electrons. The predicted molar refractivity (Wildman–Crippen MR) is 117 cm³/mol. The van der Waals surface area contributed by atoms with E-state index in [1.54, 1.807) is 24.8 Å². The number of pyridine rings is 3. The molecule has 4 aromatic rings. The van der Waals surface area contributed by atoms with E-state index in [0.29, 0.717) is 17.8 Å². The number of thioether (sulfide) groups is 1. The van der Waals surface area contributed by atoms with Gasteiger partial charge in [0.1, 0.15) is 0 Å². The molecule has 1 aliphatic heterocycles. The van der Waals surface area contributed by atoms with Crippen molar-refractivity contribution in [2.75, 3.05) is 24.6 Å². The lowest BCUT2D eigenvalue weighted by Crippen LogP contribution is -2.38. The van der Waals surface area contributed by atoms with Gasteiger partial charge in [0.15, 0.2) is 5.65 Å². The molecule has 0 atom stereocenters. The predicted octanol–water partition coefficient (Wildman–Crippen LogP) is 3.13. The van der Waals surface area contributed by atoms with Gasteiger partial charge in [-0.05, 0) is 29.8 Å². The summed E-state index contributed by atoms with van der Waals surface area (Å²) in [4.78, 5) is 28.6. The van der Waals surface area contributed by atoms with Crippen LogP contribution in [0.1, 0.15) is 15.9 Å². The van der Waals surface area contributed by atoms with E-state index < -0.39 is 0 Å². The number of carbonyl (C=O) groups excluding carboxylic acids is 1. The second-order valence-corrected chi connectivity index (χ2v) is 8.33. The second kappa shape index (κ2) is 8.23. The lowest BCUT2D eigenvalue weighted by Gasteiger charge is -2.26. The molecule has 0 unspecified atom stereocenters. The van der Waals surface area contributed by atoms with Gasteiger partial charge in [-0.3, -0.25) is 14.8 Å². The van der Waals surface area contributed by atoms with Crippen LogP contribution in [0.25, 0.3) is 22.3 Å². The molecule has 4 aromatic heterocycles. The van der Waals surface area contributed by atoms with Crippen molar-refractivity contribution in [3.05, 3.63) is 72.4 Å². The smallest absolute Gasteiger partial charge is 0.254 e. The van der Waals surface area contributed by atoms with Crippen LogP contribution in [-0.4, -0.2) is 60.1 Å². The Morgan fingerprint density at radius 1 is 1.03 bits per heavy atom. The van der Waals surface area contributed by atoms with Crippen molar-refractivity contribution < 1.29 is 4.79 Å². The van der Waals surface area contributed by atoms with Crippen molar-refractivity contribution >= 4 is 28.7 Å². The van der Waals surface area contributed by atoms with Crippen molar-refractivity contribution in [3.8, 4) is 11.3 Å². The molecule has 1 saturated heterocycles. The Labute approximate surface area is 178 Å². The SMILES string of the molecule is O=C(c1cc(-c2cccnc2)nc2c1cnn2Cc1cccnc1)N1CCSCC1. The average Bonchev–Trinajstić information content (AvgIpc) is 3.22. The zero-order valence-electron chi connectivity index (χ0n) is 16.3. The maximum Gasteiger partial charge on any atom is 0.254 e. The Morgan fingerprint density at radius 3 is 2.57 bits per heavy atom. The zero-order chi connectivity index (χ0) is 20.3. The summed E-state index contributed by atoms with van der Waals surface area (Å²) in [7, 11) is 0. The minimum Gasteiger partial charge on any atom is -0.337 e. The first-order chi connectivity index (χ1) is 14.8. The van der Waals surface area contributed by atoms with Crippen LogP contribution in [0.5, 0.6) is 0 Å². The highest BCUT2D eigenvalue weighted by molar-refractivity contribution is 7.99. The van der Waals surface area contributed by atoms with E-state index in [1.165, 1.54) is 0 Å². The summed E-state index contributed by atoms with van der Waals surface area (Å²) in [6.45, 7) is 2.06. The van der Waals surface area contributed by atoms with Crippen LogP contribution in [0.4, 0.5) is 0 Å². The minimum absolute atomic E-state index is 0.0359. The third kappa shape index (κ3) is 3.66. The fourth-order valence-electron chi connectivity index (χ4n) is 3.60. The van der Waals surface area contributed by atoms with Crippen LogP contribution in [0.3, 0.4) is 0 Å². The minimum atomic E-state index is 0.0359. The van der Waals surface area contributed by atoms with Crippen LogP contribution in [-0.2, 0) is 6.54 Å². The van der Waals surface area contributed by atoms with Gasteiger partial charge in [0.25, 0.3) is 5.91 Å². The lowest BCUT2D eigenvalue weighted by atomic mass is 10.1. The Balaban J connectivity index is 1.63. The first kappa shape index (κ1) is 18.7. The lowest BCUT2D eigenvalue weighted by molar-refractivity contribution is 0.0774. The van der Waals surface area contributed by atoms with Crippen LogP contribution in [0.2, 0.25) is 0 Å². The third-order valence-electron chi connectivity index (χ3n) is 5.15. The molecule has 30 heavy (non-hydrogen) atoms. The molecule has 5 rings (SSSR count). The number of hydrogen-bond acceptors (Lipinski definition) is 6. The topological polar surface area (TPSA) is 76.8 Å². The number of fused-ring (bicyclic) bond motifs is 1. The number of hydrogen-bond donors (Lipinski definition) is 0. The maximum atomic E-state index is 13.4. The van der Waals surface area contributed by atoms with E-state index in [4.69, 9.17) is 4.98 Å². The van der Waals surface area contributed by atoms with Crippen LogP contribution < -0.4 is 0 Å². The summed E-state index contributed by atoms with van der Waals surface area (Å²) < 4.78 is 1.83. The van der Waals surface area contributed by atoms with Gasteiger partial charge in [0.2, 0.25) is 0 Å². The Morgan fingerprint density at radius 2 is 1.83 bits per heavy atom. The summed E-state index contributed by atoms with van der Waals surface area (Å²) >= 11 is 1.88. The molecule has 8 heteroatoms. The van der Waals surface area contributed by atoms with Crippen molar-refractivity contribution in [1.29, 1.82) is 0 Å². The molecule has 5 heterocycles. The largest absolute Gasteiger partial charge is 0.337 e. The Bertz CT molecular complexity index is 1170. The Kier molecular flexibility index (Phi) is 5.15. The number of rotatable bonds is 4. The fourth-order valence-corrected chi connectivity index (χ4v) is 4.51. The molecule has 0 N–H and O–H groups in total. The molecular weight excluding hydrogens is 396 g/mol. The quantitative estimate of drug-likeness (QED) is 0.509. The van der Waals surface area contributed by atoms with Crippen molar-refractivity contribution in [3.63, 3.8) is 0 Å². The monoisotopic (exact) mass is 416 g/mol. The van der Waals surface area contributed by atoms with Gasteiger partial charge in [0.05, 0.1) is 29.4 Å². The van der Waals surface area contributed by atoms with Crippen LogP contribution in [0.15, 0.2) is 61.3 Å². The highest BCUT2D eigenvalue weighted by Gasteiger charge is 2.23. The number of aromatic nitrogens is 5. The molecule has 0 bridgehead atoms. The first-order valence-corrected chi connectivity index (χ1v) is 11.0. The van der Waals surface area contributed by atoms with Crippen molar-refractivity contribution in [2.24, 2.45) is 0 Å². The molecule has 1 fully saturated rings. The van der Waals surface area contributed by atoms with E-state index >= 15 is 0 Å². The average molecular weight is 417 g/mol. The van der Waals surface area contributed by atoms with Crippen LogP contribution >= 0.6 is 11.8 Å². The molecule has 0 aliphatic carbocycles. The fraction of sp³-hybridized carbons (Fsp3) is 0.227. The normalized spacial score (nSPS) is 14.2. The van der Waals surface area contributed by atoms with Gasteiger partial charge in [-0.2, -0.15) is 16.9 Å². The van der Waals surface area contributed by atoms with Crippen molar-refractivity contribution in [2.45, 2.75) is 6.54 Å². The number of nitrogens with zero attached hydrogens (tertiary/aromatic N) is 6. The van der Waals surface area contributed by atoms with Gasteiger partial charge >= 0.3 is 0 Å². The molecular formula is C22H20N6OS. The first-order valence-electron chi connectivity index (χ1n) is 9.82. The van der Waals surface area contributed by atoms with Gasteiger partial charge < -0.3 is 4.90 Å². The third-order valence-corrected chi connectivity index (χ3v) is 6.09. The van der Waals surface area contributed by atoms with E-state index in [-0.39, 0.29) is 5.91 Å². The summed E-state index contributed by atoms with van der Waals surface area (Å²) in [6.07, 6.45) is 8.80. The van der Waals surface area contributed by atoms with Crippen molar-refractivity contribution in [1.82, 2.24) is 29.6 Å². The van der Waals surface area contributed by atoms with Gasteiger partial charge in [-0.1, -0.05) is 6.07 Å².